The first-order chi connectivity index (χ1) is 8.13. The van der Waals surface area contributed by atoms with Gasteiger partial charge < -0.3 is 4.74 Å². The first-order valence-corrected chi connectivity index (χ1v) is 7.38. The van der Waals surface area contributed by atoms with Crippen LogP contribution in [-0.4, -0.2) is 40.7 Å². The number of carbonyl (C=O) groups excluding carboxylic acids is 1. The van der Waals surface area contributed by atoms with Gasteiger partial charge in [0.15, 0.2) is 0 Å². The monoisotopic (exact) mass is 255 g/mol. The van der Waals surface area contributed by atoms with Crippen LogP contribution in [0.15, 0.2) is 12.2 Å². The molecule has 0 radical (unpaired) electrons. The number of carbonyl (C=O) groups is 1. The molecular weight excluding hydrogens is 234 g/mol. The van der Waals surface area contributed by atoms with Crippen LogP contribution in [0.3, 0.4) is 0 Å². The van der Waals surface area contributed by atoms with Gasteiger partial charge in [0.05, 0.1) is 12.0 Å². The third kappa shape index (κ3) is 2.68. The largest absolute Gasteiger partial charge is 0.465 e. The van der Waals surface area contributed by atoms with Crippen molar-refractivity contribution < 1.29 is 9.53 Å². The maximum atomic E-state index is 11.9. The highest BCUT2D eigenvalue weighted by molar-refractivity contribution is 8.00. The number of hydrogen-bond acceptors (Lipinski definition) is 4. The molecular formula is C13H21NO2S. The van der Waals surface area contributed by atoms with E-state index in [0.29, 0.717) is 18.0 Å². The molecule has 2 fully saturated rings. The number of fused-ring (bicyclic) bond motifs is 1. The van der Waals surface area contributed by atoms with Crippen molar-refractivity contribution in [1.82, 2.24) is 4.90 Å². The summed E-state index contributed by atoms with van der Waals surface area (Å²) >= 11 is 1.90. The van der Waals surface area contributed by atoms with Gasteiger partial charge in [-0.05, 0) is 33.1 Å². The highest BCUT2D eigenvalue weighted by atomic mass is 32.2. The van der Waals surface area contributed by atoms with Crippen LogP contribution in [0.1, 0.15) is 33.1 Å². The molecule has 0 saturated carbocycles. The maximum Gasteiger partial charge on any atom is 0.324 e. The molecule has 0 aromatic heterocycles. The second-order valence-corrected chi connectivity index (χ2v) is 6.11. The molecule has 0 aliphatic carbocycles. The Balaban J connectivity index is 2.04. The van der Waals surface area contributed by atoms with Crippen molar-refractivity contribution in [2.45, 2.75) is 50.6 Å². The predicted molar refractivity (Wildman–Crippen MR) is 71.0 cm³/mol. The summed E-state index contributed by atoms with van der Waals surface area (Å²) in [5.74, 6) is 0.840. The lowest BCUT2D eigenvalue weighted by Gasteiger charge is -2.28. The Kier molecular flexibility index (Phi) is 4.15. The lowest BCUT2D eigenvalue weighted by molar-refractivity contribution is -0.148. The third-order valence-corrected chi connectivity index (χ3v) is 4.82. The van der Waals surface area contributed by atoms with Gasteiger partial charge in [-0.1, -0.05) is 5.57 Å². The highest BCUT2D eigenvalue weighted by Crippen LogP contribution is 2.42. The summed E-state index contributed by atoms with van der Waals surface area (Å²) in [5, 5.41) is 0.522. The summed E-state index contributed by atoms with van der Waals surface area (Å²) in [7, 11) is 0. The molecule has 2 saturated heterocycles. The van der Waals surface area contributed by atoms with E-state index >= 15 is 0 Å². The van der Waals surface area contributed by atoms with Crippen LogP contribution in [0.2, 0.25) is 0 Å². The molecule has 96 valence electrons. The van der Waals surface area contributed by atoms with E-state index in [9.17, 15) is 4.79 Å². The molecule has 3 nitrogen and oxygen atoms in total. The van der Waals surface area contributed by atoms with Crippen molar-refractivity contribution in [2.24, 2.45) is 0 Å². The second-order valence-electron chi connectivity index (χ2n) is 4.90. The number of nitrogens with zero attached hydrogens (tertiary/aromatic N) is 1. The van der Waals surface area contributed by atoms with Crippen molar-refractivity contribution in [3.05, 3.63) is 12.2 Å². The Labute approximate surface area is 108 Å². The van der Waals surface area contributed by atoms with E-state index in [1.807, 2.05) is 18.7 Å². The van der Waals surface area contributed by atoms with Crippen molar-refractivity contribution in [1.29, 1.82) is 0 Å². The van der Waals surface area contributed by atoms with Gasteiger partial charge in [0, 0.05) is 11.8 Å². The summed E-state index contributed by atoms with van der Waals surface area (Å²) in [6.07, 6.45) is 3.38. The number of rotatable bonds is 4. The molecule has 0 bridgehead atoms. The van der Waals surface area contributed by atoms with Gasteiger partial charge in [0.25, 0.3) is 0 Å². The lowest BCUT2D eigenvalue weighted by atomic mass is 10.1. The molecule has 17 heavy (non-hydrogen) atoms. The fourth-order valence-electron chi connectivity index (χ4n) is 2.82. The van der Waals surface area contributed by atoms with E-state index < -0.39 is 0 Å². The van der Waals surface area contributed by atoms with E-state index in [4.69, 9.17) is 4.74 Å². The third-order valence-electron chi connectivity index (χ3n) is 3.45. The molecule has 2 rings (SSSR count). The summed E-state index contributed by atoms with van der Waals surface area (Å²) in [6.45, 7) is 8.40. The number of esters is 1. The number of thioether (sulfide) groups is 1. The van der Waals surface area contributed by atoms with Crippen molar-refractivity contribution >= 4 is 17.7 Å². The van der Waals surface area contributed by atoms with Crippen LogP contribution < -0.4 is 0 Å². The topological polar surface area (TPSA) is 29.5 Å². The second kappa shape index (κ2) is 5.44. The summed E-state index contributed by atoms with van der Waals surface area (Å²) in [4.78, 5) is 14.3. The molecule has 0 N–H and O–H groups in total. The minimum atomic E-state index is -0.0453. The fraction of sp³-hybridized carbons (Fsp3) is 0.769. The van der Waals surface area contributed by atoms with Gasteiger partial charge in [-0.2, -0.15) is 0 Å². The van der Waals surface area contributed by atoms with E-state index in [0.717, 1.165) is 12.2 Å². The Hall–Kier alpha value is -0.480. The Morgan fingerprint density at radius 2 is 2.29 bits per heavy atom. The SMILES string of the molecule is C=C(C)C[C@H]1CC[C@@H]2SC[C@@H](C(=O)OCC)N12. The van der Waals surface area contributed by atoms with E-state index in [1.165, 1.54) is 18.4 Å². The molecule has 2 heterocycles. The van der Waals surface area contributed by atoms with Crippen LogP contribution in [0.4, 0.5) is 0 Å². The quantitative estimate of drug-likeness (QED) is 0.570. The fourth-order valence-corrected chi connectivity index (χ4v) is 4.33. The predicted octanol–water partition coefficient (Wildman–Crippen LogP) is 2.42. The zero-order chi connectivity index (χ0) is 12.4. The minimum absolute atomic E-state index is 0.0307. The lowest BCUT2D eigenvalue weighted by Crippen LogP contribution is -2.44. The van der Waals surface area contributed by atoms with Gasteiger partial charge in [-0.3, -0.25) is 9.69 Å². The number of hydrogen-bond donors (Lipinski definition) is 0. The zero-order valence-corrected chi connectivity index (χ0v) is 11.5. The van der Waals surface area contributed by atoms with Crippen LogP contribution in [-0.2, 0) is 9.53 Å². The Morgan fingerprint density at radius 1 is 1.53 bits per heavy atom. The molecule has 0 amide bonds. The first kappa shape index (κ1) is 13.0. The van der Waals surface area contributed by atoms with Crippen LogP contribution >= 0.6 is 11.8 Å². The minimum Gasteiger partial charge on any atom is -0.465 e. The molecule has 2 aliphatic rings. The summed E-state index contributed by atoms with van der Waals surface area (Å²) < 4.78 is 5.17. The van der Waals surface area contributed by atoms with E-state index in [-0.39, 0.29) is 12.0 Å². The Morgan fingerprint density at radius 3 is 2.94 bits per heavy atom. The molecule has 0 aromatic rings. The molecule has 0 aromatic carbocycles. The average Bonchev–Trinajstić information content (AvgIpc) is 2.81. The molecule has 0 spiro atoms. The molecule has 2 aliphatic heterocycles. The Bertz CT molecular complexity index is 319. The van der Waals surface area contributed by atoms with Gasteiger partial charge >= 0.3 is 5.97 Å². The average molecular weight is 255 g/mol. The van der Waals surface area contributed by atoms with E-state index in [1.54, 1.807) is 0 Å². The summed E-state index contributed by atoms with van der Waals surface area (Å²) in [5.41, 5.74) is 1.20. The van der Waals surface area contributed by atoms with Crippen molar-refractivity contribution in [2.75, 3.05) is 12.4 Å². The zero-order valence-electron chi connectivity index (χ0n) is 10.6. The van der Waals surface area contributed by atoms with Crippen LogP contribution in [0.5, 0.6) is 0 Å². The number of ether oxygens (including phenoxy) is 1. The summed E-state index contributed by atoms with van der Waals surface area (Å²) in [6, 6.07) is 0.457. The van der Waals surface area contributed by atoms with Gasteiger partial charge in [0.1, 0.15) is 6.04 Å². The highest BCUT2D eigenvalue weighted by Gasteiger charge is 2.46. The van der Waals surface area contributed by atoms with E-state index in [2.05, 4.69) is 18.4 Å². The molecule has 3 atom stereocenters. The van der Waals surface area contributed by atoms with Gasteiger partial charge in [0.2, 0.25) is 0 Å². The smallest absolute Gasteiger partial charge is 0.324 e. The maximum absolute atomic E-state index is 11.9. The van der Waals surface area contributed by atoms with Gasteiger partial charge in [-0.25, -0.2) is 0 Å². The molecule has 0 unspecified atom stereocenters. The molecule has 4 heteroatoms. The van der Waals surface area contributed by atoms with Crippen LogP contribution in [0.25, 0.3) is 0 Å². The standard InChI is InChI=1S/C13H21NO2S/c1-4-16-13(15)11-8-17-12-6-5-10(14(11)12)7-9(2)3/h10-12H,2,4-8H2,1,3H3/t10-,11+,12+/m1/s1. The van der Waals surface area contributed by atoms with Crippen molar-refractivity contribution in [3.8, 4) is 0 Å². The normalized spacial score (nSPS) is 32.5. The van der Waals surface area contributed by atoms with Crippen molar-refractivity contribution in [3.63, 3.8) is 0 Å². The first-order valence-electron chi connectivity index (χ1n) is 6.33. The van der Waals surface area contributed by atoms with Crippen LogP contribution in [0, 0.1) is 0 Å². The van der Waals surface area contributed by atoms with Gasteiger partial charge in [-0.15, -0.1) is 18.3 Å².